The normalized spacial score (nSPS) is 11.0. The molecule has 1 amide bonds. The van der Waals surface area contributed by atoms with Gasteiger partial charge in [0.25, 0.3) is 0 Å². The van der Waals surface area contributed by atoms with Crippen LogP contribution in [0, 0.1) is 6.92 Å². The first-order valence-electron chi connectivity index (χ1n) is 7.96. The molecule has 1 N–H and O–H groups in total. The third-order valence-corrected chi connectivity index (χ3v) is 6.18. The highest BCUT2D eigenvalue weighted by atomic mass is 35.5. The van der Waals surface area contributed by atoms with Crippen molar-refractivity contribution in [3.8, 4) is 0 Å². The molecule has 3 rings (SSSR count). The Labute approximate surface area is 160 Å². The number of carbonyl (C=O) groups excluding carboxylic acids is 1. The summed E-state index contributed by atoms with van der Waals surface area (Å²) in [6.07, 6.45) is 0.975. The number of aromatic nitrogens is 2. The molecule has 0 unspecified atom stereocenters. The number of nitrogens with zero attached hydrogens (tertiary/aromatic N) is 2. The molecule has 0 atom stereocenters. The lowest BCUT2D eigenvalue weighted by Crippen LogP contribution is -2.24. The number of fused-ring (bicyclic) bond motifs is 1. The lowest BCUT2D eigenvalue weighted by Gasteiger charge is -2.07. The van der Waals surface area contributed by atoms with Crippen LogP contribution in [0.25, 0.3) is 10.2 Å². The maximum atomic E-state index is 12.2. The second-order valence-corrected chi connectivity index (χ2v) is 8.00. The molecule has 0 aliphatic heterocycles. The van der Waals surface area contributed by atoms with Gasteiger partial charge in [0.15, 0.2) is 0 Å². The van der Waals surface area contributed by atoms with Gasteiger partial charge in [-0.2, -0.15) is 0 Å². The van der Waals surface area contributed by atoms with E-state index in [4.69, 9.17) is 11.6 Å². The molecule has 0 aliphatic rings. The molecule has 0 aliphatic carbocycles. The molecule has 0 fully saturated rings. The third kappa shape index (κ3) is 4.51. The Bertz CT molecular complexity index is 910. The number of hydrogen-bond acceptors (Lipinski definition) is 5. The molecule has 25 heavy (non-hydrogen) atoms. The Balaban J connectivity index is 1.65. The van der Waals surface area contributed by atoms with E-state index >= 15 is 0 Å². The third-order valence-electron chi connectivity index (χ3n) is 3.64. The van der Waals surface area contributed by atoms with Crippen LogP contribution < -0.4 is 5.32 Å². The second-order valence-electron chi connectivity index (χ2n) is 5.52. The zero-order chi connectivity index (χ0) is 17.8. The summed E-state index contributed by atoms with van der Waals surface area (Å²) >= 11 is 9.24. The Morgan fingerprint density at radius 1 is 1.32 bits per heavy atom. The maximum absolute atomic E-state index is 12.2. The lowest BCUT2D eigenvalue weighted by molar-refractivity contribution is -0.118. The van der Waals surface area contributed by atoms with E-state index in [0.717, 1.165) is 33.1 Å². The Hall–Kier alpha value is -1.63. The first kappa shape index (κ1) is 18.2. The minimum absolute atomic E-state index is 0.0414. The molecule has 2 aromatic heterocycles. The fourth-order valence-corrected chi connectivity index (χ4v) is 4.51. The first-order valence-corrected chi connectivity index (χ1v) is 10.1. The average molecular weight is 392 g/mol. The number of aryl methyl sites for hydroxylation is 2. The topological polar surface area (TPSA) is 54.9 Å². The number of thioether (sulfide) groups is 1. The van der Waals surface area contributed by atoms with Crippen molar-refractivity contribution in [2.45, 2.75) is 31.8 Å². The predicted octanol–water partition coefficient (Wildman–Crippen LogP) is 4.62. The van der Waals surface area contributed by atoms with Crippen molar-refractivity contribution < 1.29 is 4.79 Å². The van der Waals surface area contributed by atoms with E-state index in [9.17, 15) is 4.79 Å². The van der Waals surface area contributed by atoms with E-state index in [1.54, 1.807) is 11.3 Å². The number of halogens is 1. The molecule has 0 bridgehead atoms. The van der Waals surface area contributed by atoms with Crippen molar-refractivity contribution in [3.63, 3.8) is 0 Å². The van der Waals surface area contributed by atoms with Crippen molar-refractivity contribution in [2.24, 2.45) is 0 Å². The van der Waals surface area contributed by atoms with E-state index in [-0.39, 0.29) is 5.91 Å². The van der Waals surface area contributed by atoms with Crippen LogP contribution in [0.15, 0.2) is 35.4 Å². The number of rotatable bonds is 6. The molecule has 130 valence electrons. The van der Waals surface area contributed by atoms with Crippen LogP contribution in [0.1, 0.15) is 23.2 Å². The highest BCUT2D eigenvalue weighted by molar-refractivity contribution is 8.00. The molecular formula is C18H18ClN3OS2. The molecule has 3 aromatic rings. The van der Waals surface area contributed by atoms with E-state index < -0.39 is 0 Å². The molecule has 0 radical (unpaired) electrons. The summed E-state index contributed by atoms with van der Waals surface area (Å²) in [6, 6.07) is 9.64. The zero-order valence-electron chi connectivity index (χ0n) is 14.0. The summed E-state index contributed by atoms with van der Waals surface area (Å²) in [5.74, 6) is 1.00. The van der Waals surface area contributed by atoms with Gasteiger partial charge in [0, 0.05) is 21.8 Å². The van der Waals surface area contributed by atoms with Crippen LogP contribution in [0.5, 0.6) is 0 Å². The summed E-state index contributed by atoms with van der Waals surface area (Å²) in [7, 11) is 0. The minimum atomic E-state index is -0.0414. The van der Waals surface area contributed by atoms with E-state index in [2.05, 4.69) is 28.3 Å². The average Bonchev–Trinajstić information content (AvgIpc) is 3.02. The SMILES string of the molecule is CCc1cc2c(SCC(=O)NCc3ccccc3Cl)nc(C)nc2s1. The molecule has 7 heteroatoms. The van der Waals surface area contributed by atoms with Gasteiger partial charge >= 0.3 is 0 Å². The van der Waals surface area contributed by atoms with Crippen LogP contribution >= 0.6 is 34.7 Å². The van der Waals surface area contributed by atoms with Crippen LogP contribution in [-0.2, 0) is 17.8 Å². The van der Waals surface area contributed by atoms with Gasteiger partial charge in [-0.1, -0.05) is 48.5 Å². The monoisotopic (exact) mass is 391 g/mol. The van der Waals surface area contributed by atoms with Gasteiger partial charge in [0.05, 0.1) is 5.75 Å². The number of amides is 1. The highest BCUT2D eigenvalue weighted by Gasteiger charge is 2.12. The molecule has 4 nitrogen and oxygen atoms in total. The van der Waals surface area contributed by atoms with Crippen LogP contribution in [-0.4, -0.2) is 21.6 Å². The van der Waals surface area contributed by atoms with E-state index in [1.165, 1.54) is 16.6 Å². The number of hydrogen-bond donors (Lipinski definition) is 1. The van der Waals surface area contributed by atoms with Gasteiger partial charge in [0.2, 0.25) is 5.91 Å². The fraction of sp³-hybridized carbons (Fsp3) is 0.278. The van der Waals surface area contributed by atoms with Gasteiger partial charge in [-0.15, -0.1) is 11.3 Å². The highest BCUT2D eigenvalue weighted by Crippen LogP contribution is 2.31. The van der Waals surface area contributed by atoms with Gasteiger partial charge in [-0.05, 0) is 31.0 Å². The number of nitrogens with one attached hydrogen (secondary N) is 1. The van der Waals surface area contributed by atoms with Crippen molar-refractivity contribution in [3.05, 3.63) is 51.6 Å². The van der Waals surface area contributed by atoms with Crippen LogP contribution in [0.4, 0.5) is 0 Å². The molecule has 1 aromatic carbocycles. The number of benzene rings is 1. The lowest BCUT2D eigenvalue weighted by atomic mass is 10.2. The summed E-state index contributed by atoms with van der Waals surface area (Å²) in [4.78, 5) is 23.4. The van der Waals surface area contributed by atoms with Crippen LogP contribution in [0.2, 0.25) is 5.02 Å². The van der Waals surface area contributed by atoms with Gasteiger partial charge in [-0.25, -0.2) is 9.97 Å². The predicted molar refractivity (Wildman–Crippen MR) is 106 cm³/mol. The molecular weight excluding hydrogens is 374 g/mol. The van der Waals surface area contributed by atoms with Crippen molar-refractivity contribution in [1.29, 1.82) is 0 Å². The fourth-order valence-electron chi connectivity index (χ4n) is 2.35. The largest absolute Gasteiger partial charge is 0.351 e. The summed E-state index contributed by atoms with van der Waals surface area (Å²) in [5.41, 5.74) is 0.910. The Kier molecular flexibility index (Phi) is 5.93. The first-order chi connectivity index (χ1) is 12.1. The molecule has 2 heterocycles. The molecule has 0 spiro atoms. The van der Waals surface area contributed by atoms with Crippen molar-refractivity contribution in [1.82, 2.24) is 15.3 Å². The zero-order valence-corrected chi connectivity index (χ0v) is 16.4. The van der Waals surface area contributed by atoms with E-state index in [0.29, 0.717) is 17.3 Å². The second kappa shape index (κ2) is 8.17. The van der Waals surface area contributed by atoms with Gasteiger partial charge in [0.1, 0.15) is 15.7 Å². The standard InChI is InChI=1S/C18H18ClN3OS2/c1-3-13-8-14-17(21-11(2)22-18(14)25-13)24-10-16(23)20-9-12-6-4-5-7-15(12)19/h4-8H,3,9-10H2,1-2H3,(H,20,23). The van der Waals surface area contributed by atoms with Crippen molar-refractivity contribution in [2.75, 3.05) is 5.75 Å². The summed E-state index contributed by atoms with van der Waals surface area (Å²) in [6.45, 7) is 4.43. The number of thiophene rings is 1. The quantitative estimate of drug-likeness (QED) is 0.492. The smallest absolute Gasteiger partial charge is 0.230 e. The van der Waals surface area contributed by atoms with Crippen molar-refractivity contribution >= 4 is 50.8 Å². The summed E-state index contributed by atoms with van der Waals surface area (Å²) in [5, 5.41) is 5.47. The van der Waals surface area contributed by atoms with Gasteiger partial charge < -0.3 is 5.32 Å². The number of carbonyl (C=O) groups is 1. The Morgan fingerprint density at radius 2 is 2.12 bits per heavy atom. The minimum Gasteiger partial charge on any atom is -0.351 e. The van der Waals surface area contributed by atoms with E-state index in [1.807, 2.05) is 31.2 Å². The maximum Gasteiger partial charge on any atom is 0.230 e. The Morgan fingerprint density at radius 3 is 2.88 bits per heavy atom. The van der Waals surface area contributed by atoms with Gasteiger partial charge in [-0.3, -0.25) is 4.79 Å². The van der Waals surface area contributed by atoms with Crippen LogP contribution in [0.3, 0.4) is 0 Å². The summed E-state index contributed by atoms with van der Waals surface area (Å²) < 4.78 is 0. The molecule has 0 saturated heterocycles. The molecule has 0 saturated carbocycles.